The van der Waals surface area contributed by atoms with Gasteiger partial charge < -0.3 is 10.6 Å². The molecule has 118 valence electrons. The zero-order valence-corrected chi connectivity index (χ0v) is 12.9. The summed E-state index contributed by atoms with van der Waals surface area (Å²) in [5.41, 5.74) is -3.34. The van der Waals surface area contributed by atoms with Gasteiger partial charge in [0.15, 0.2) is 0 Å². The average Bonchev–Trinajstić information content (AvgIpc) is 3.22. The minimum Gasteiger partial charge on any atom is -0.370 e. The highest BCUT2D eigenvalue weighted by Gasteiger charge is 2.29. The Labute approximate surface area is 126 Å². The maximum absolute atomic E-state index is 12.1. The molecule has 1 aromatic rings. The van der Waals surface area contributed by atoms with Crippen molar-refractivity contribution in [2.24, 2.45) is 0 Å². The molecule has 2 rings (SSSR count). The number of rotatable bonds is 7. The highest BCUT2D eigenvalue weighted by atomic mass is 32.2. The lowest BCUT2D eigenvalue weighted by Crippen LogP contribution is -2.14. The molecule has 21 heavy (non-hydrogen) atoms. The molecule has 0 aromatic carbocycles. The first-order valence-corrected chi connectivity index (χ1v) is 7.96. The molecule has 0 radical (unpaired) electrons. The molecule has 1 heterocycles. The fraction of sp³-hybridized carbons (Fsp3) is 0.692. The second-order valence-electron chi connectivity index (χ2n) is 4.93. The van der Waals surface area contributed by atoms with E-state index in [0.717, 1.165) is 36.6 Å². The van der Waals surface area contributed by atoms with Crippen LogP contribution < -0.4 is 10.6 Å². The van der Waals surface area contributed by atoms with E-state index < -0.39 is 5.51 Å². The molecule has 0 atom stereocenters. The first kappa shape index (κ1) is 16.2. The van der Waals surface area contributed by atoms with Gasteiger partial charge in [0.1, 0.15) is 17.5 Å². The molecule has 0 bridgehead atoms. The molecule has 1 aliphatic rings. The minimum absolute atomic E-state index is 0.0255. The lowest BCUT2D eigenvalue weighted by molar-refractivity contribution is -0.0327. The van der Waals surface area contributed by atoms with E-state index in [1.54, 1.807) is 0 Å². The van der Waals surface area contributed by atoms with E-state index in [-0.39, 0.29) is 24.1 Å². The van der Waals surface area contributed by atoms with Crippen LogP contribution in [-0.2, 0) is 0 Å². The first-order valence-electron chi connectivity index (χ1n) is 6.97. The van der Waals surface area contributed by atoms with E-state index in [4.69, 9.17) is 0 Å². The van der Waals surface area contributed by atoms with E-state index in [2.05, 4.69) is 20.6 Å². The number of hydrogen-bond acceptors (Lipinski definition) is 5. The van der Waals surface area contributed by atoms with Gasteiger partial charge in [0.25, 0.3) is 0 Å². The summed E-state index contributed by atoms with van der Waals surface area (Å²) in [5.74, 6) is 2.53. The van der Waals surface area contributed by atoms with Crippen LogP contribution in [0.3, 0.4) is 0 Å². The fourth-order valence-electron chi connectivity index (χ4n) is 1.91. The zero-order chi connectivity index (χ0) is 15.5. The Morgan fingerprint density at radius 2 is 1.81 bits per heavy atom. The summed E-state index contributed by atoms with van der Waals surface area (Å²) in [4.78, 5) is 8.96. The average molecular weight is 320 g/mol. The Morgan fingerprint density at radius 3 is 2.33 bits per heavy atom. The molecule has 0 saturated heterocycles. The van der Waals surface area contributed by atoms with Crippen molar-refractivity contribution in [3.05, 3.63) is 11.4 Å². The summed E-state index contributed by atoms with van der Waals surface area (Å²) in [7, 11) is 0. The van der Waals surface area contributed by atoms with Crippen LogP contribution in [0.15, 0.2) is 0 Å². The van der Waals surface area contributed by atoms with E-state index in [9.17, 15) is 13.2 Å². The van der Waals surface area contributed by atoms with Gasteiger partial charge in [-0.15, -0.1) is 0 Å². The fourth-order valence-corrected chi connectivity index (χ4v) is 2.34. The molecule has 0 amide bonds. The summed E-state index contributed by atoms with van der Waals surface area (Å²) in [6, 6.07) is 0. The predicted octanol–water partition coefficient (Wildman–Crippen LogP) is 3.76. The van der Waals surface area contributed by atoms with Gasteiger partial charge in [-0.2, -0.15) is 13.2 Å². The maximum atomic E-state index is 12.1. The van der Waals surface area contributed by atoms with Gasteiger partial charge in [-0.1, -0.05) is 0 Å². The second kappa shape index (κ2) is 6.72. The molecule has 0 unspecified atom stereocenters. The van der Waals surface area contributed by atoms with Crippen LogP contribution in [0.5, 0.6) is 0 Å². The van der Waals surface area contributed by atoms with Gasteiger partial charge in [0, 0.05) is 30.3 Å². The topological polar surface area (TPSA) is 49.8 Å². The third kappa shape index (κ3) is 4.94. The van der Waals surface area contributed by atoms with E-state index in [1.165, 1.54) is 0 Å². The third-order valence-electron chi connectivity index (χ3n) is 3.11. The van der Waals surface area contributed by atoms with E-state index in [0.29, 0.717) is 11.7 Å². The summed E-state index contributed by atoms with van der Waals surface area (Å²) in [6.45, 7) is 4.81. The van der Waals surface area contributed by atoms with Crippen LogP contribution in [0.25, 0.3) is 0 Å². The number of halogens is 3. The van der Waals surface area contributed by atoms with E-state index >= 15 is 0 Å². The van der Waals surface area contributed by atoms with Crippen molar-refractivity contribution >= 4 is 23.4 Å². The SMILES string of the molecule is CCNc1nc(C2CC2)nc(NCCSC(F)(F)F)c1C. The first-order chi connectivity index (χ1) is 9.90. The molecular formula is C13H19F3N4S. The lowest BCUT2D eigenvalue weighted by atomic mass is 10.2. The quantitative estimate of drug-likeness (QED) is 0.749. The molecule has 2 N–H and O–H groups in total. The molecule has 1 aliphatic carbocycles. The molecule has 8 heteroatoms. The monoisotopic (exact) mass is 320 g/mol. The van der Waals surface area contributed by atoms with Crippen LogP contribution in [0.2, 0.25) is 0 Å². The maximum Gasteiger partial charge on any atom is 0.441 e. The molecule has 4 nitrogen and oxygen atoms in total. The summed E-state index contributed by atoms with van der Waals surface area (Å²) in [5, 5.41) is 6.17. The highest BCUT2D eigenvalue weighted by molar-refractivity contribution is 8.00. The Bertz CT molecular complexity index is 489. The second-order valence-corrected chi connectivity index (χ2v) is 6.09. The molecule has 0 spiro atoms. The van der Waals surface area contributed by atoms with Gasteiger partial charge in [0.05, 0.1) is 0 Å². The smallest absolute Gasteiger partial charge is 0.370 e. The summed E-state index contributed by atoms with van der Waals surface area (Å²) < 4.78 is 36.3. The molecule has 1 aromatic heterocycles. The standard InChI is InChI=1S/C13H19F3N4S/c1-3-17-10-8(2)11(18-6-7-21-13(14,15)16)20-12(19-10)9-4-5-9/h9H,3-7H2,1-2H3,(H2,17,18,19,20). The molecule has 1 saturated carbocycles. The minimum atomic E-state index is -4.18. The highest BCUT2D eigenvalue weighted by Crippen LogP contribution is 2.39. The number of alkyl halides is 3. The lowest BCUT2D eigenvalue weighted by Gasteiger charge is -2.14. The van der Waals surface area contributed by atoms with Gasteiger partial charge in [-0.3, -0.25) is 0 Å². The van der Waals surface area contributed by atoms with Gasteiger partial charge >= 0.3 is 5.51 Å². The number of aromatic nitrogens is 2. The Kier molecular flexibility index (Phi) is 5.18. The zero-order valence-electron chi connectivity index (χ0n) is 12.0. The van der Waals surface area contributed by atoms with Crippen LogP contribution in [0.4, 0.5) is 24.8 Å². The number of nitrogens with one attached hydrogen (secondary N) is 2. The third-order valence-corrected chi connectivity index (χ3v) is 3.85. The predicted molar refractivity (Wildman–Crippen MR) is 79.9 cm³/mol. The summed E-state index contributed by atoms with van der Waals surface area (Å²) >= 11 is -0.0255. The molecule has 0 aliphatic heterocycles. The van der Waals surface area contributed by atoms with Crippen molar-refractivity contribution in [2.75, 3.05) is 29.5 Å². The summed E-state index contributed by atoms with van der Waals surface area (Å²) in [6.07, 6.45) is 2.16. The Balaban J connectivity index is 2.03. The number of hydrogen-bond donors (Lipinski definition) is 2. The number of anilines is 2. The molecular weight excluding hydrogens is 301 g/mol. The van der Waals surface area contributed by atoms with Crippen molar-refractivity contribution in [1.29, 1.82) is 0 Å². The Hall–Kier alpha value is -1.18. The van der Waals surface area contributed by atoms with Crippen molar-refractivity contribution < 1.29 is 13.2 Å². The van der Waals surface area contributed by atoms with Gasteiger partial charge in [-0.05, 0) is 38.5 Å². The van der Waals surface area contributed by atoms with Gasteiger partial charge in [-0.25, -0.2) is 9.97 Å². The van der Waals surface area contributed by atoms with Gasteiger partial charge in [0.2, 0.25) is 0 Å². The number of thioether (sulfide) groups is 1. The van der Waals surface area contributed by atoms with Crippen molar-refractivity contribution in [1.82, 2.24) is 9.97 Å². The number of nitrogens with zero attached hydrogens (tertiary/aromatic N) is 2. The van der Waals surface area contributed by atoms with Crippen molar-refractivity contribution in [2.45, 2.75) is 38.1 Å². The van der Waals surface area contributed by atoms with Crippen LogP contribution >= 0.6 is 11.8 Å². The largest absolute Gasteiger partial charge is 0.441 e. The van der Waals surface area contributed by atoms with Crippen LogP contribution in [0, 0.1) is 6.92 Å². The van der Waals surface area contributed by atoms with Crippen molar-refractivity contribution in [3.8, 4) is 0 Å². The van der Waals surface area contributed by atoms with E-state index in [1.807, 2.05) is 13.8 Å². The Morgan fingerprint density at radius 1 is 1.19 bits per heavy atom. The van der Waals surface area contributed by atoms with Crippen LogP contribution in [0.1, 0.15) is 37.1 Å². The normalized spacial score (nSPS) is 15.1. The molecule has 1 fully saturated rings. The van der Waals surface area contributed by atoms with Crippen LogP contribution in [-0.4, -0.2) is 34.3 Å². The van der Waals surface area contributed by atoms with Crippen molar-refractivity contribution in [3.63, 3.8) is 0 Å².